The van der Waals surface area contributed by atoms with Gasteiger partial charge in [-0.05, 0) is 59.9 Å². The van der Waals surface area contributed by atoms with E-state index < -0.39 is 0 Å². The lowest BCUT2D eigenvalue weighted by Crippen LogP contribution is -2.30. The fourth-order valence-corrected chi connectivity index (χ4v) is 3.52. The molecule has 0 fully saturated rings. The summed E-state index contributed by atoms with van der Waals surface area (Å²) in [6, 6.07) is 21.2. The van der Waals surface area contributed by atoms with Crippen molar-refractivity contribution in [1.29, 1.82) is 0 Å². The Kier molecular flexibility index (Phi) is 6.86. The van der Waals surface area contributed by atoms with Crippen LogP contribution in [-0.2, 0) is 5.41 Å². The van der Waals surface area contributed by atoms with Gasteiger partial charge in [0.05, 0.1) is 6.04 Å². The Balaban J connectivity index is 1.67. The lowest BCUT2D eigenvalue weighted by atomic mass is 9.86. The predicted octanol–water partition coefficient (Wildman–Crippen LogP) is 6.40. The van der Waals surface area contributed by atoms with E-state index >= 15 is 0 Å². The molecule has 0 radical (unpaired) electrons. The SMILES string of the molecule is C[C@@H](NC(=S)Nc1cccc(C(=O)c2ccc(C(C)(C)C)cc2)c1)c1ccc(F)cc1. The minimum absolute atomic E-state index is 0.0392. The lowest BCUT2D eigenvalue weighted by Gasteiger charge is -2.19. The summed E-state index contributed by atoms with van der Waals surface area (Å²) in [5, 5.41) is 6.73. The molecule has 0 aliphatic carbocycles. The number of thiocarbonyl (C=S) groups is 1. The number of carbonyl (C=O) groups excluding carboxylic acids is 1. The zero-order chi connectivity index (χ0) is 22.6. The van der Waals surface area contributed by atoms with Gasteiger partial charge in [-0.2, -0.15) is 0 Å². The van der Waals surface area contributed by atoms with Gasteiger partial charge in [0.15, 0.2) is 10.9 Å². The Morgan fingerprint density at radius 1 is 0.935 bits per heavy atom. The molecule has 0 heterocycles. The van der Waals surface area contributed by atoms with Gasteiger partial charge in [0.2, 0.25) is 0 Å². The summed E-state index contributed by atoms with van der Waals surface area (Å²) in [7, 11) is 0. The van der Waals surface area contributed by atoms with Gasteiger partial charge in [0, 0.05) is 16.8 Å². The van der Waals surface area contributed by atoms with Crippen molar-refractivity contribution < 1.29 is 9.18 Å². The van der Waals surface area contributed by atoms with Crippen LogP contribution in [0.3, 0.4) is 0 Å². The first-order valence-corrected chi connectivity index (χ1v) is 10.6. The van der Waals surface area contributed by atoms with E-state index in [9.17, 15) is 9.18 Å². The fourth-order valence-electron chi connectivity index (χ4n) is 3.23. The number of hydrogen-bond acceptors (Lipinski definition) is 2. The average molecular weight is 435 g/mol. The third-order valence-corrected chi connectivity index (χ3v) is 5.33. The Bertz CT molecular complexity index is 1070. The van der Waals surface area contributed by atoms with E-state index in [0.29, 0.717) is 16.2 Å². The van der Waals surface area contributed by atoms with Gasteiger partial charge in [-0.3, -0.25) is 4.79 Å². The number of nitrogens with one attached hydrogen (secondary N) is 2. The number of rotatable bonds is 5. The first-order valence-electron chi connectivity index (χ1n) is 10.2. The highest BCUT2D eigenvalue weighted by molar-refractivity contribution is 7.80. The molecule has 5 heteroatoms. The molecular formula is C26H27FN2OS. The van der Waals surface area contributed by atoms with Crippen molar-refractivity contribution in [1.82, 2.24) is 5.32 Å². The van der Waals surface area contributed by atoms with E-state index in [1.54, 1.807) is 24.3 Å². The molecule has 0 saturated carbocycles. The number of benzene rings is 3. The molecule has 31 heavy (non-hydrogen) atoms. The second kappa shape index (κ2) is 9.40. The molecule has 0 amide bonds. The summed E-state index contributed by atoms with van der Waals surface area (Å²) in [4.78, 5) is 12.9. The van der Waals surface area contributed by atoms with Gasteiger partial charge in [-0.15, -0.1) is 0 Å². The second-order valence-electron chi connectivity index (χ2n) is 8.61. The Morgan fingerprint density at radius 2 is 1.58 bits per heavy atom. The zero-order valence-electron chi connectivity index (χ0n) is 18.2. The minimum atomic E-state index is -0.272. The summed E-state index contributed by atoms with van der Waals surface area (Å²) < 4.78 is 13.1. The molecule has 0 aromatic heterocycles. The molecule has 3 nitrogen and oxygen atoms in total. The van der Waals surface area contributed by atoms with E-state index in [-0.39, 0.29) is 23.1 Å². The quantitative estimate of drug-likeness (QED) is 0.360. The van der Waals surface area contributed by atoms with Crippen LogP contribution < -0.4 is 10.6 Å². The van der Waals surface area contributed by atoms with Crippen molar-refractivity contribution >= 4 is 28.8 Å². The Labute approximate surface area is 188 Å². The van der Waals surface area contributed by atoms with E-state index in [1.807, 2.05) is 43.3 Å². The molecule has 3 aromatic rings. The molecule has 3 rings (SSSR count). The molecule has 0 bridgehead atoms. The molecule has 0 saturated heterocycles. The van der Waals surface area contributed by atoms with Crippen molar-refractivity contribution in [2.45, 2.75) is 39.2 Å². The van der Waals surface area contributed by atoms with Crippen LogP contribution in [0.5, 0.6) is 0 Å². The normalized spacial score (nSPS) is 12.2. The molecule has 0 aliphatic heterocycles. The zero-order valence-corrected chi connectivity index (χ0v) is 19.0. The maximum absolute atomic E-state index is 13.1. The van der Waals surface area contributed by atoms with Crippen molar-refractivity contribution in [2.24, 2.45) is 0 Å². The number of halogens is 1. The number of carbonyl (C=O) groups is 1. The molecule has 0 spiro atoms. The monoisotopic (exact) mass is 434 g/mol. The summed E-state index contributed by atoms with van der Waals surface area (Å²) in [6.07, 6.45) is 0. The van der Waals surface area contributed by atoms with Gasteiger partial charge in [-0.1, -0.05) is 69.3 Å². The fraction of sp³-hybridized carbons (Fsp3) is 0.231. The average Bonchev–Trinajstić information content (AvgIpc) is 2.73. The van der Waals surface area contributed by atoms with Gasteiger partial charge < -0.3 is 10.6 Å². The predicted molar refractivity (Wildman–Crippen MR) is 129 cm³/mol. The Hall–Kier alpha value is -3.05. The summed E-state index contributed by atoms with van der Waals surface area (Å²) in [5.74, 6) is -0.311. The van der Waals surface area contributed by atoms with Crippen LogP contribution in [0.1, 0.15) is 60.8 Å². The molecule has 1 atom stereocenters. The van der Waals surface area contributed by atoms with Crippen LogP contribution in [0, 0.1) is 5.82 Å². The van der Waals surface area contributed by atoms with Crippen LogP contribution in [0.25, 0.3) is 0 Å². The van der Waals surface area contributed by atoms with E-state index in [4.69, 9.17) is 12.2 Å². The van der Waals surface area contributed by atoms with Crippen LogP contribution in [0.2, 0.25) is 0 Å². The molecule has 3 aromatic carbocycles. The maximum atomic E-state index is 13.1. The minimum Gasteiger partial charge on any atom is -0.356 e. The standard InChI is InChI=1S/C26H27FN2OS/c1-17(18-10-14-22(27)15-11-18)28-25(31)29-23-7-5-6-20(16-23)24(30)19-8-12-21(13-9-19)26(2,3)4/h5-17H,1-4H3,(H2,28,29,31)/t17-/m1/s1. The van der Waals surface area contributed by atoms with Gasteiger partial charge in [0.25, 0.3) is 0 Å². The summed E-state index contributed by atoms with van der Waals surface area (Å²) >= 11 is 5.41. The van der Waals surface area contributed by atoms with Crippen molar-refractivity contribution in [3.63, 3.8) is 0 Å². The van der Waals surface area contributed by atoms with Crippen molar-refractivity contribution in [3.8, 4) is 0 Å². The van der Waals surface area contributed by atoms with Crippen LogP contribution in [0.15, 0.2) is 72.8 Å². The maximum Gasteiger partial charge on any atom is 0.193 e. The third kappa shape index (κ3) is 5.98. The Morgan fingerprint density at radius 3 is 2.19 bits per heavy atom. The van der Waals surface area contributed by atoms with Gasteiger partial charge in [0.1, 0.15) is 5.82 Å². The smallest absolute Gasteiger partial charge is 0.193 e. The molecule has 0 unspecified atom stereocenters. The molecule has 0 aliphatic rings. The van der Waals surface area contributed by atoms with Crippen molar-refractivity contribution in [3.05, 3.63) is 101 Å². The van der Waals surface area contributed by atoms with Gasteiger partial charge >= 0.3 is 0 Å². The molecule has 160 valence electrons. The van der Waals surface area contributed by atoms with Gasteiger partial charge in [-0.25, -0.2) is 4.39 Å². The summed E-state index contributed by atoms with van der Waals surface area (Å²) in [6.45, 7) is 8.38. The highest BCUT2D eigenvalue weighted by atomic mass is 32.1. The van der Waals surface area contributed by atoms with E-state index in [2.05, 4.69) is 31.4 Å². The molecular weight excluding hydrogens is 407 g/mol. The van der Waals surface area contributed by atoms with Crippen LogP contribution in [0.4, 0.5) is 10.1 Å². The highest BCUT2D eigenvalue weighted by Gasteiger charge is 2.15. The highest BCUT2D eigenvalue weighted by Crippen LogP contribution is 2.23. The topological polar surface area (TPSA) is 41.1 Å². The third-order valence-electron chi connectivity index (χ3n) is 5.11. The van der Waals surface area contributed by atoms with Crippen molar-refractivity contribution in [2.75, 3.05) is 5.32 Å². The lowest BCUT2D eigenvalue weighted by molar-refractivity contribution is 0.103. The summed E-state index contributed by atoms with van der Waals surface area (Å²) in [5.41, 5.74) is 4.11. The first-order chi connectivity index (χ1) is 14.6. The molecule has 2 N–H and O–H groups in total. The van der Waals surface area contributed by atoms with E-state index in [1.165, 1.54) is 17.7 Å². The largest absolute Gasteiger partial charge is 0.356 e. The number of anilines is 1. The number of ketones is 1. The first kappa shape index (κ1) is 22.6. The number of hydrogen-bond donors (Lipinski definition) is 2. The van der Waals surface area contributed by atoms with Crippen LogP contribution in [-0.4, -0.2) is 10.9 Å². The van der Waals surface area contributed by atoms with Crippen LogP contribution >= 0.6 is 12.2 Å². The van der Waals surface area contributed by atoms with E-state index in [0.717, 1.165) is 11.3 Å². The second-order valence-corrected chi connectivity index (χ2v) is 9.02.